The Bertz CT molecular complexity index is 858. The monoisotopic (exact) mass is 430 g/mol. The van der Waals surface area contributed by atoms with Gasteiger partial charge in [0.25, 0.3) is 0 Å². The first kappa shape index (κ1) is 22.2. The van der Waals surface area contributed by atoms with E-state index in [-0.39, 0.29) is 29.5 Å². The second-order valence-corrected chi connectivity index (χ2v) is 10.6. The molecule has 4 rings (SSSR count). The van der Waals surface area contributed by atoms with Gasteiger partial charge in [0.2, 0.25) is 5.78 Å². The van der Waals surface area contributed by atoms with Crippen molar-refractivity contribution in [2.24, 2.45) is 28.6 Å². The minimum Gasteiger partial charge on any atom is -0.458 e. The van der Waals surface area contributed by atoms with E-state index >= 15 is 0 Å². The smallest absolute Gasteiger partial charge is 0.303 e. The summed E-state index contributed by atoms with van der Waals surface area (Å²) in [5.41, 5.74) is -0.348. The SMILES string of the molecule is CC(=O)OCC(=O)[C@@]1(OC(C)=O)CC[C@H]2[C@@H]3CCC4=CC(=O)CC[C@]4(C)[C@H]3CC[C@@]21C. The minimum absolute atomic E-state index is 0.0482. The van der Waals surface area contributed by atoms with E-state index in [0.717, 1.165) is 38.5 Å². The first-order valence-corrected chi connectivity index (χ1v) is 11.6. The number of carbonyl (C=O) groups excluding carboxylic acids is 4. The van der Waals surface area contributed by atoms with Gasteiger partial charge in [-0.3, -0.25) is 19.2 Å². The van der Waals surface area contributed by atoms with Crippen LogP contribution in [0.25, 0.3) is 0 Å². The van der Waals surface area contributed by atoms with Crippen molar-refractivity contribution < 1.29 is 28.7 Å². The van der Waals surface area contributed by atoms with E-state index in [1.807, 2.05) is 6.08 Å². The molecule has 6 atom stereocenters. The summed E-state index contributed by atoms with van der Waals surface area (Å²) in [6.45, 7) is 6.70. The molecule has 31 heavy (non-hydrogen) atoms. The van der Waals surface area contributed by atoms with E-state index in [0.29, 0.717) is 24.7 Å². The highest BCUT2D eigenvalue weighted by atomic mass is 16.6. The van der Waals surface area contributed by atoms with E-state index < -0.39 is 23.0 Å². The highest BCUT2D eigenvalue weighted by Gasteiger charge is 2.68. The molecule has 0 aromatic rings. The highest BCUT2D eigenvalue weighted by molar-refractivity contribution is 5.93. The van der Waals surface area contributed by atoms with E-state index in [2.05, 4.69) is 13.8 Å². The van der Waals surface area contributed by atoms with Gasteiger partial charge in [-0.05, 0) is 74.2 Å². The lowest BCUT2D eigenvalue weighted by Gasteiger charge is -2.59. The molecule has 6 nitrogen and oxygen atoms in total. The number of Topliss-reactive ketones (excluding diaryl/α,β-unsaturated/α-hetero) is 1. The third kappa shape index (κ3) is 3.28. The normalized spacial score (nSPS) is 41.4. The number of rotatable bonds is 4. The zero-order valence-corrected chi connectivity index (χ0v) is 19.1. The third-order valence-corrected chi connectivity index (χ3v) is 9.26. The number of hydrogen-bond acceptors (Lipinski definition) is 6. The molecule has 0 aromatic carbocycles. The summed E-state index contributed by atoms with van der Waals surface area (Å²) in [5.74, 6) is 0.156. The minimum atomic E-state index is -1.23. The molecule has 4 aliphatic carbocycles. The fourth-order valence-corrected chi connectivity index (χ4v) is 7.77. The predicted octanol–water partition coefficient (Wildman–Crippen LogP) is 3.95. The molecule has 6 heteroatoms. The molecule has 0 saturated heterocycles. The average Bonchev–Trinajstić information content (AvgIpc) is 2.99. The summed E-state index contributed by atoms with van der Waals surface area (Å²) < 4.78 is 10.9. The zero-order chi connectivity index (χ0) is 22.6. The average molecular weight is 431 g/mol. The molecule has 0 aromatic heterocycles. The van der Waals surface area contributed by atoms with Gasteiger partial charge in [0, 0.05) is 25.7 Å². The van der Waals surface area contributed by atoms with Crippen LogP contribution in [0.5, 0.6) is 0 Å². The van der Waals surface area contributed by atoms with Crippen LogP contribution in [0.15, 0.2) is 11.6 Å². The van der Waals surface area contributed by atoms with Crippen molar-refractivity contribution >= 4 is 23.5 Å². The Morgan fingerprint density at radius 3 is 2.35 bits per heavy atom. The summed E-state index contributed by atoms with van der Waals surface area (Å²) in [6.07, 6.45) is 8.39. The molecule has 0 bridgehead atoms. The van der Waals surface area contributed by atoms with E-state index in [1.165, 1.54) is 19.4 Å². The second kappa shape index (κ2) is 7.56. The van der Waals surface area contributed by atoms with Crippen molar-refractivity contribution in [1.82, 2.24) is 0 Å². The van der Waals surface area contributed by atoms with Gasteiger partial charge in [-0.15, -0.1) is 0 Å². The Kier molecular flexibility index (Phi) is 5.42. The highest BCUT2D eigenvalue weighted by Crippen LogP contribution is 2.68. The van der Waals surface area contributed by atoms with Gasteiger partial charge >= 0.3 is 11.9 Å². The topological polar surface area (TPSA) is 86.7 Å². The van der Waals surface area contributed by atoms with E-state index in [4.69, 9.17) is 9.47 Å². The Morgan fingerprint density at radius 2 is 1.68 bits per heavy atom. The van der Waals surface area contributed by atoms with Gasteiger partial charge < -0.3 is 9.47 Å². The Hall–Kier alpha value is -1.98. The van der Waals surface area contributed by atoms with Gasteiger partial charge in [0.15, 0.2) is 18.0 Å². The lowest BCUT2D eigenvalue weighted by molar-refractivity contribution is -0.190. The molecule has 0 N–H and O–H groups in total. The summed E-state index contributed by atoms with van der Waals surface area (Å²) >= 11 is 0. The van der Waals surface area contributed by atoms with Crippen LogP contribution in [0.1, 0.15) is 79.1 Å². The van der Waals surface area contributed by atoms with Crippen LogP contribution in [-0.4, -0.2) is 35.7 Å². The molecule has 0 heterocycles. The summed E-state index contributed by atoms with van der Waals surface area (Å²) in [7, 11) is 0. The van der Waals surface area contributed by atoms with Crippen LogP contribution in [0, 0.1) is 28.6 Å². The van der Waals surface area contributed by atoms with Crippen LogP contribution in [-0.2, 0) is 28.7 Å². The molecule has 0 radical (unpaired) electrons. The number of allylic oxidation sites excluding steroid dienone is 1. The van der Waals surface area contributed by atoms with Crippen molar-refractivity contribution in [3.8, 4) is 0 Å². The number of hydrogen-bond donors (Lipinski definition) is 0. The molecule has 0 spiro atoms. The van der Waals surface area contributed by atoms with Crippen LogP contribution < -0.4 is 0 Å². The quantitative estimate of drug-likeness (QED) is 0.628. The Balaban J connectivity index is 1.67. The molecule has 170 valence electrons. The molecule has 0 aliphatic heterocycles. The number of ketones is 2. The number of ether oxygens (including phenoxy) is 2. The molecule has 0 amide bonds. The number of fused-ring (bicyclic) bond motifs is 5. The van der Waals surface area contributed by atoms with Crippen LogP contribution in [0.3, 0.4) is 0 Å². The van der Waals surface area contributed by atoms with E-state index in [1.54, 1.807) is 0 Å². The summed E-state index contributed by atoms with van der Waals surface area (Å²) in [4.78, 5) is 48.8. The lowest BCUT2D eigenvalue weighted by Crippen LogP contribution is -2.59. The molecule has 3 saturated carbocycles. The molecule has 3 fully saturated rings. The number of esters is 2. The summed E-state index contributed by atoms with van der Waals surface area (Å²) in [5, 5.41) is 0. The van der Waals surface area contributed by atoms with Gasteiger partial charge in [-0.1, -0.05) is 19.4 Å². The fraction of sp³-hybridized carbons (Fsp3) is 0.760. The standard InChI is InChI=1S/C25H34O6/c1-15(26)30-14-22(29)25(31-16(2)27)12-9-21-19-6-5-17-13-18(28)7-10-23(17,3)20(19)8-11-24(21,25)4/h13,19-21H,5-12,14H2,1-4H3/t19-,20+,21+,23+,24+,25+/m1/s1. The van der Waals surface area contributed by atoms with Gasteiger partial charge in [0.1, 0.15) is 0 Å². The van der Waals surface area contributed by atoms with Gasteiger partial charge in [-0.2, -0.15) is 0 Å². The van der Waals surface area contributed by atoms with Crippen molar-refractivity contribution in [3.63, 3.8) is 0 Å². The Labute approximate surface area is 184 Å². The summed E-state index contributed by atoms with van der Waals surface area (Å²) in [6, 6.07) is 0. The number of carbonyl (C=O) groups is 4. The van der Waals surface area contributed by atoms with Crippen molar-refractivity contribution in [2.45, 2.75) is 84.7 Å². The molecular weight excluding hydrogens is 396 g/mol. The van der Waals surface area contributed by atoms with Crippen LogP contribution in [0.2, 0.25) is 0 Å². The van der Waals surface area contributed by atoms with E-state index in [9.17, 15) is 19.2 Å². The van der Waals surface area contributed by atoms with Gasteiger partial charge in [-0.25, -0.2) is 0 Å². The first-order chi connectivity index (χ1) is 14.5. The maximum Gasteiger partial charge on any atom is 0.303 e. The van der Waals surface area contributed by atoms with Crippen LogP contribution in [0.4, 0.5) is 0 Å². The maximum absolute atomic E-state index is 13.4. The first-order valence-electron chi connectivity index (χ1n) is 11.6. The maximum atomic E-state index is 13.4. The molecular formula is C25H34O6. The third-order valence-electron chi connectivity index (χ3n) is 9.26. The fourth-order valence-electron chi connectivity index (χ4n) is 7.77. The van der Waals surface area contributed by atoms with Crippen molar-refractivity contribution in [3.05, 3.63) is 11.6 Å². The van der Waals surface area contributed by atoms with Crippen molar-refractivity contribution in [2.75, 3.05) is 6.61 Å². The Morgan fingerprint density at radius 1 is 0.968 bits per heavy atom. The lowest BCUT2D eigenvalue weighted by atomic mass is 9.46. The van der Waals surface area contributed by atoms with Crippen LogP contribution >= 0.6 is 0 Å². The zero-order valence-electron chi connectivity index (χ0n) is 19.1. The molecule has 4 aliphatic rings. The largest absolute Gasteiger partial charge is 0.458 e. The van der Waals surface area contributed by atoms with Gasteiger partial charge in [0.05, 0.1) is 0 Å². The second-order valence-electron chi connectivity index (χ2n) is 10.6. The van der Waals surface area contributed by atoms with Crippen molar-refractivity contribution in [1.29, 1.82) is 0 Å². The predicted molar refractivity (Wildman–Crippen MR) is 113 cm³/mol. The molecule has 0 unspecified atom stereocenters.